The average molecular weight is 359 g/mol. The van der Waals surface area contributed by atoms with E-state index in [2.05, 4.69) is 5.32 Å². The molecular weight excluding hydrogens is 342 g/mol. The van der Waals surface area contributed by atoms with E-state index in [0.29, 0.717) is 11.3 Å². The highest BCUT2D eigenvalue weighted by molar-refractivity contribution is 6.03. The molecule has 3 aromatic carbocycles. The van der Waals surface area contributed by atoms with Crippen LogP contribution in [0.25, 0.3) is 21.7 Å². The van der Waals surface area contributed by atoms with E-state index in [1.807, 2.05) is 42.5 Å². The maximum Gasteiger partial charge on any atom is 0.336 e. The number of nitrogens with one attached hydrogen (secondary N) is 1. The Hall–Kier alpha value is -3.60. The first-order valence-electron chi connectivity index (χ1n) is 8.59. The van der Waals surface area contributed by atoms with Crippen LogP contribution in [0.15, 0.2) is 82.0 Å². The van der Waals surface area contributed by atoms with E-state index in [1.165, 1.54) is 6.07 Å². The van der Waals surface area contributed by atoms with Crippen molar-refractivity contribution >= 4 is 33.3 Å². The van der Waals surface area contributed by atoms with Gasteiger partial charge in [0, 0.05) is 28.6 Å². The lowest BCUT2D eigenvalue weighted by Gasteiger charge is -2.16. The molecule has 0 fully saturated rings. The summed E-state index contributed by atoms with van der Waals surface area (Å²) in [5, 5.41) is 5.72. The van der Waals surface area contributed by atoms with Crippen molar-refractivity contribution < 1.29 is 13.9 Å². The van der Waals surface area contributed by atoms with Gasteiger partial charge in [-0.15, -0.1) is 0 Å². The molecule has 0 aliphatic rings. The predicted octanol–water partition coefficient (Wildman–Crippen LogP) is 4.35. The molecule has 4 aromatic rings. The van der Waals surface area contributed by atoms with E-state index in [9.17, 15) is 9.59 Å². The van der Waals surface area contributed by atoms with Gasteiger partial charge in [-0.25, -0.2) is 4.79 Å². The Morgan fingerprint density at radius 1 is 0.963 bits per heavy atom. The van der Waals surface area contributed by atoms with Crippen molar-refractivity contribution in [3.63, 3.8) is 0 Å². The predicted molar refractivity (Wildman–Crippen MR) is 105 cm³/mol. The van der Waals surface area contributed by atoms with Gasteiger partial charge in [-0.2, -0.15) is 0 Å². The van der Waals surface area contributed by atoms with E-state index in [1.54, 1.807) is 31.2 Å². The van der Waals surface area contributed by atoms with E-state index in [4.69, 9.17) is 9.15 Å². The Kier molecular flexibility index (Phi) is 4.34. The molecule has 4 rings (SSSR count). The molecule has 0 saturated carbocycles. The second kappa shape index (κ2) is 6.96. The van der Waals surface area contributed by atoms with Gasteiger partial charge in [-0.05, 0) is 36.6 Å². The fourth-order valence-corrected chi connectivity index (χ4v) is 2.94. The molecule has 0 aliphatic carbocycles. The van der Waals surface area contributed by atoms with Gasteiger partial charge in [0.25, 0.3) is 5.91 Å². The largest absolute Gasteiger partial charge is 0.481 e. The van der Waals surface area contributed by atoms with Crippen molar-refractivity contribution in [1.29, 1.82) is 0 Å². The van der Waals surface area contributed by atoms with Crippen molar-refractivity contribution in [2.75, 3.05) is 5.32 Å². The molecule has 1 N–H and O–H groups in total. The monoisotopic (exact) mass is 359 g/mol. The molecule has 0 aliphatic heterocycles. The topological polar surface area (TPSA) is 68.5 Å². The molecule has 1 amide bonds. The van der Waals surface area contributed by atoms with Gasteiger partial charge in [-0.1, -0.05) is 36.4 Å². The standard InChI is InChI=1S/C22H17NO4/c1-14(26-17-11-9-16-10-12-21(24)27-20(16)13-17)22(25)23-19-8-4-6-15-5-2-3-7-18(15)19/h2-14H,1H3,(H,23,25)/t14-/m1/s1. The van der Waals surface area contributed by atoms with Crippen LogP contribution in [0.3, 0.4) is 0 Å². The van der Waals surface area contributed by atoms with Crippen molar-refractivity contribution in [2.45, 2.75) is 13.0 Å². The Morgan fingerprint density at radius 2 is 1.74 bits per heavy atom. The highest BCUT2D eigenvalue weighted by atomic mass is 16.5. The molecule has 1 atom stereocenters. The van der Waals surface area contributed by atoms with Gasteiger partial charge < -0.3 is 14.5 Å². The summed E-state index contributed by atoms with van der Waals surface area (Å²) in [4.78, 5) is 23.9. The molecule has 5 heteroatoms. The Labute approximate surface area is 155 Å². The molecule has 0 unspecified atom stereocenters. The molecule has 0 spiro atoms. The van der Waals surface area contributed by atoms with Crippen LogP contribution in [0.1, 0.15) is 6.92 Å². The molecule has 0 bridgehead atoms. The number of ether oxygens (including phenoxy) is 1. The second-order valence-corrected chi connectivity index (χ2v) is 6.23. The number of fused-ring (bicyclic) bond motifs is 2. The summed E-state index contributed by atoms with van der Waals surface area (Å²) in [6.07, 6.45) is -0.725. The number of anilines is 1. The first-order valence-corrected chi connectivity index (χ1v) is 8.59. The van der Waals surface area contributed by atoms with Crippen LogP contribution in [0, 0.1) is 0 Å². The lowest BCUT2D eigenvalue weighted by molar-refractivity contribution is -0.122. The number of carbonyl (C=O) groups is 1. The zero-order valence-corrected chi connectivity index (χ0v) is 14.6. The molecule has 134 valence electrons. The fourth-order valence-electron chi connectivity index (χ4n) is 2.94. The maximum atomic E-state index is 12.6. The maximum absolute atomic E-state index is 12.6. The minimum absolute atomic E-state index is 0.263. The lowest BCUT2D eigenvalue weighted by atomic mass is 10.1. The summed E-state index contributed by atoms with van der Waals surface area (Å²) >= 11 is 0. The summed E-state index contributed by atoms with van der Waals surface area (Å²) in [7, 11) is 0. The fraction of sp³-hybridized carbons (Fsp3) is 0.0909. The van der Waals surface area contributed by atoms with Gasteiger partial charge in [-0.3, -0.25) is 4.79 Å². The van der Waals surface area contributed by atoms with Crippen LogP contribution < -0.4 is 15.7 Å². The summed E-state index contributed by atoms with van der Waals surface area (Å²) < 4.78 is 10.9. The zero-order chi connectivity index (χ0) is 18.8. The quantitative estimate of drug-likeness (QED) is 0.550. The van der Waals surface area contributed by atoms with Crippen molar-refractivity contribution in [3.8, 4) is 5.75 Å². The van der Waals surface area contributed by atoms with Gasteiger partial charge in [0.2, 0.25) is 0 Å². The third-order valence-corrected chi connectivity index (χ3v) is 4.32. The Bertz CT molecular complexity index is 1190. The van der Waals surface area contributed by atoms with Gasteiger partial charge in [0.05, 0.1) is 0 Å². The van der Waals surface area contributed by atoms with Crippen LogP contribution in [-0.4, -0.2) is 12.0 Å². The summed E-state index contributed by atoms with van der Waals surface area (Å²) in [5.41, 5.74) is 0.723. The molecule has 0 radical (unpaired) electrons. The van der Waals surface area contributed by atoms with Crippen LogP contribution in [-0.2, 0) is 4.79 Å². The number of carbonyl (C=O) groups excluding carboxylic acids is 1. The smallest absolute Gasteiger partial charge is 0.336 e. The second-order valence-electron chi connectivity index (χ2n) is 6.23. The SMILES string of the molecule is C[C@@H](Oc1ccc2ccc(=O)oc2c1)C(=O)Nc1cccc2ccccc12. The highest BCUT2D eigenvalue weighted by Crippen LogP contribution is 2.24. The average Bonchev–Trinajstić information content (AvgIpc) is 2.68. The minimum Gasteiger partial charge on any atom is -0.481 e. The highest BCUT2D eigenvalue weighted by Gasteiger charge is 2.16. The molecular formula is C22H17NO4. The van der Waals surface area contributed by atoms with Crippen LogP contribution in [0.4, 0.5) is 5.69 Å². The number of benzene rings is 3. The van der Waals surface area contributed by atoms with Crippen LogP contribution in [0.5, 0.6) is 5.75 Å². The van der Waals surface area contributed by atoms with Crippen molar-refractivity contribution in [3.05, 3.63) is 83.2 Å². The first-order chi connectivity index (χ1) is 13.1. The third-order valence-electron chi connectivity index (χ3n) is 4.32. The van der Waals surface area contributed by atoms with E-state index in [-0.39, 0.29) is 5.91 Å². The van der Waals surface area contributed by atoms with Gasteiger partial charge in [0.1, 0.15) is 11.3 Å². The molecule has 5 nitrogen and oxygen atoms in total. The minimum atomic E-state index is -0.725. The summed E-state index contributed by atoms with van der Waals surface area (Å²) in [6, 6.07) is 21.8. The summed E-state index contributed by atoms with van der Waals surface area (Å²) in [6.45, 7) is 1.67. The van der Waals surface area contributed by atoms with Crippen LogP contribution >= 0.6 is 0 Å². The first kappa shape index (κ1) is 16.8. The van der Waals surface area contributed by atoms with Crippen molar-refractivity contribution in [1.82, 2.24) is 0 Å². The number of hydrogen-bond donors (Lipinski definition) is 1. The van der Waals surface area contributed by atoms with Gasteiger partial charge >= 0.3 is 5.63 Å². The van der Waals surface area contributed by atoms with Crippen molar-refractivity contribution in [2.24, 2.45) is 0 Å². The normalized spacial score (nSPS) is 12.0. The molecule has 27 heavy (non-hydrogen) atoms. The van der Waals surface area contributed by atoms with E-state index >= 15 is 0 Å². The molecule has 1 aromatic heterocycles. The molecule has 1 heterocycles. The van der Waals surface area contributed by atoms with Gasteiger partial charge in [0.15, 0.2) is 6.10 Å². The number of hydrogen-bond acceptors (Lipinski definition) is 4. The lowest BCUT2D eigenvalue weighted by Crippen LogP contribution is -2.30. The summed E-state index contributed by atoms with van der Waals surface area (Å²) in [5.74, 6) is 0.193. The Morgan fingerprint density at radius 3 is 2.63 bits per heavy atom. The Balaban J connectivity index is 1.53. The molecule has 0 saturated heterocycles. The van der Waals surface area contributed by atoms with E-state index < -0.39 is 11.7 Å². The van der Waals surface area contributed by atoms with E-state index in [0.717, 1.165) is 21.8 Å². The number of rotatable bonds is 4. The third kappa shape index (κ3) is 3.53. The van der Waals surface area contributed by atoms with Crippen LogP contribution in [0.2, 0.25) is 0 Å². The zero-order valence-electron chi connectivity index (χ0n) is 14.6. The number of amides is 1.